The molecule has 1 heterocycles. The fraction of sp³-hybridized carbons (Fsp3) is 0.0833. The Bertz CT molecular complexity index is 696. The van der Waals surface area contributed by atoms with Crippen LogP contribution in [-0.4, -0.2) is 26.8 Å². The van der Waals surface area contributed by atoms with Gasteiger partial charge in [0.1, 0.15) is 17.2 Å². The predicted octanol–water partition coefficient (Wildman–Crippen LogP) is 1.09. The molecule has 0 aliphatic heterocycles. The van der Waals surface area contributed by atoms with Crippen LogP contribution in [-0.2, 0) is 7.05 Å². The molecule has 0 saturated heterocycles. The molecule has 0 bridgehead atoms. The van der Waals surface area contributed by atoms with Crippen molar-refractivity contribution in [2.45, 2.75) is 0 Å². The van der Waals surface area contributed by atoms with Gasteiger partial charge in [-0.25, -0.2) is 9.18 Å². The summed E-state index contributed by atoms with van der Waals surface area (Å²) in [5.74, 6) is -2.54. The number of carbonyl (C=O) groups is 2. The number of anilines is 2. The minimum Gasteiger partial charge on any atom is -0.478 e. The molecule has 104 valence electrons. The number of aromatic nitrogens is 2. The van der Waals surface area contributed by atoms with Crippen LogP contribution in [0.2, 0.25) is 0 Å². The van der Waals surface area contributed by atoms with Gasteiger partial charge in [0.2, 0.25) is 0 Å². The monoisotopic (exact) mass is 278 g/mol. The Labute approximate surface area is 112 Å². The molecular weight excluding hydrogens is 267 g/mol. The third-order valence-electron chi connectivity index (χ3n) is 2.69. The Morgan fingerprint density at radius 3 is 2.65 bits per heavy atom. The van der Waals surface area contributed by atoms with Crippen molar-refractivity contribution >= 4 is 23.4 Å². The molecule has 0 fully saturated rings. The number of nitrogen functional groups attached to an aromatic ring is 1. The van der Waals surface area contributed by atoms with E-state index in [1.807, 2.05) is 0 Å². The van der Waals surface area contributed by atoms with Crippen molar-refractivity contribution < 1.29 is 19.1 Å². The van der Waals surface area contributed by atoms with Crippen molar-refractivity contribution in [2.75, 3.05) is 11.1 Å². The number of hydrogen-bond donors (Lipinski definition) is 3. The largest absolute Gasteiger partial charge is 0.478 e. The molecule has 1 amide bonds. The number of aryl methyl sites for hydroxylation is 1. The van der Waals surface area contributed by atoms with Gasteiger partial charge in [0, 0.05) is 7.05 Å². The Morgan fingerprint density at radius 1 is 1.40 bits per heavy atom. The highest BCUT2D eigenvalue weighted by Crippen LogP contribution is 2.19. The number of amides is 1. The van der Waals surface area contributed by atoms with Crippen molar-refractivity contribution in [3.8, 4) is 0 Å². The van der Waals surface area contributed by atoms with Gasteiger partial charge in [0.15, 0.2) is 0 Å². The summed E-state index contributed by atoms with van der Waals surface area (Å²) in [7, 11) is 1.56. The van der Waals surface area contributed by atoms with Crippen LogP contribution in [0.3, 0.4) is 0 Å². The lowest BCUT2D eigenvalue weighted by Crippen LogP contribution is -2.16. The lowest BCUT2D eigenvalue weighted by Gasteiger charge is -2.08. The van der Waals surface area contributed by atoms with Gasteiger partial charge in [-0.1, -0.05) is 0 Å². The van der Waals surface area contributed by atoms with Gasteiger partial charge in [-0.15, -0.1) is 0 Å². The predicted molar refractivity (Wildman–Crippen MR) is 68.9 cm³/mol. The maximum Gasteiger partial charge on any atom is 0.337 e. The molecule has 0 radical (unpaired) electrons. The molecular formula is C12H11FN4O3. The van der Waals surface area contributed by atoms with Gasteiger partial charge in [-0.3, -0.25) is 9.48 Å². The molecule has 20 heavy (non-hydrogen) atoms. The first-order valence-electron chi connectivity index (χ1n) is 5.52. The fourth-order valence-electron chi connectivity index (χ4n) is 1.61. The van der Waals surface area contributed by atoms with Crippen LogP contribution >= 0.6 is 0 Å². The molecule has 8 heteroatoms. The maximum atomic E-state index is 13.0. The molecule has 7 nitrogen and oxygen atoms in total. The van der Waals surface area contributed by atoms with Crippen molar-refractivity contribution in [1.82, 2.24) is 9.78 Å². The standard InChI is InChI=1S/C12H11FN4O3/c1-17-10(14)8(5-15-17)11(18)16-9-3-2-6(13)4-7(9)12(19)20/h2-5H,14H2,1H3,(H,16,18)(H,19,20). The first kappa shape index (κ1) is 13.5. The van der Waals surface area contributed by atoms with E-state index in [2.05, 4.69) is 10.4 Å². The van der Waals surface area contributed by atoms with E-state index in [-0.39, 0.29) is 22.6 Å². The topological polar surface area (TPSA) is 110 Å². The summed E-state index contributed by atoms with van der Waals surface area (Å²) in [4.78, 5) is 23.0. The highest BCUT2D eigenvalue weighted by atomic mass is 19.1. The smallest absolute Gasteiger partial charge is 0.337 e. The van der Waals surface area contributed by atoms with Gasteiger partial charge in [-0.05, 0) is 18.2 Å². The van der Waals surface area contributed by atoms with Crippen molar-refractivity contribution in [2.24, 2.45) is 7.05 Å². The highest BCUT2D eigenvalue weighted by molar-refractivity contribution is 6.09. The average Bonchev–Trinajstić information content (AvgIpc) is 2.72. The second kappa shape index (κ2) is 5.00. The van der Waals surface area contributed by atoms with Crippen LogP contribution in [0.5, 0.6) is 0 Å². The molecule has 0 aliphatic rings. The van der Waals surface area contributed by atoms with Crippen molar-refractivity contribution in [1.29, 1.82) is 0 Å². The summed E-state index contributed by atoms with van der Waals surface area (Å²) in [5.41, 5.74) is 5.38. The van der Waals surface area contributed by atoms with Gasteiger partial charge in [0.25, 0.3) is 5.91 Å². The van der Waals surface area contributed by atoms with E-state index in [9.17, 15) is 14.0 Å². The maximum absolute atomic E-state index is 13.0. The van der Waals surface area contributed by atoms with E-state index in [0.717, 1.165) is 12.1 Å². The zero-order valence-corrected chi connectivity index (χ0v) is 10.4. The molecule has 0 aliphatic carbocycles. The normalized spacial score (nSPS) is 10.3. The van der Waals surface area contributed by atoms with E-state index in [4.69, 9.17) is 10.8 Å². The van der Waals surface area contributed by atoms with Gasteiger partial charge in [-0.2, -0.15) is 5.10 Å². The van der Waals surface area contributed by atoms with Crippen LogP contribution in [0.1, 0.15) is 20.7 Å². The number of benzene rings is 1. The summed E-state index contributed by atoms with van der Waals surface area (Å²) in [6.07, 6.45) is 1.26. The quantitative estimate of drug-likeness (QED) is 0.778. The average molecular weight is 278 g/mol. The number of carboxylic acids is 1. The minimum absolute atomic E-state index is 0.0212. The molecule has 0 saturated carbocycles. The number of hydrogen-bond acceptors (Lipinski definition) is 4. The van der Waals surface area contributed by atoms with Crippen molar-refractivity contribution in [3.05, 3.63) is 41.3 Å². The SMILES string of the molecule is Cn1ncc(C(=O)Nc2ccc(F)cc2C(=O)O)c1N. The first-order chi connectivity index (χ1) is 9.40. The first-order valence-corrected chi connectivity index (χ1v) is 5.52. The second-order valence-corrected chi connectivity index (χ2v) is 4.02. The van der Waals surface area contributed by atoms with E-state index in [0.29, 0.717) is 0 Å². The highest BCUT2D eigenvalue weighted by Gasteiger charge is 2.17. The Morgan fingerprint density at radius 2 is 2.10 bits per heavy atom. The summed E-state index contributed by atoms with van der Waals surface area (Å²) >= 11 is 0. The molecule has 0 spiro atoms. The Kier molecular flexibility index (Phi) is 3.38. The van der Waals surface area contributed by atoms with Crippen molar-refractivity contribution in [3.63, 3.8) is 0 Å². The van der Waals surface area contributed by atoms with Gasteiger partial charge in [0.05, 0.1) is 17.4 Å². The zero-order valence-electron chi connectivity index (χ0n) is 10.4. The minimum atomic E-state index is -1.35. The molecule has 0 unspecified atom stereocenters. The van der Waals surface area contributed by atoms with Crippen LogP contribution < -0.4 is 11.1 Å². The summed E-state index contributed by atoms with van der Waals surface area (Å²) in [6.45, 7) is 0. The number of nitrogens with one attached hydrogen (secondary N) is 1. The summed E-state index contributed by atoms with van der Waals surface area (Å²) < 4.78 is 14.3. The van der Waals surface area contributed by atoms with Crippen LogP contribution in [0.4, 0.5) is 15.9 Å². The summed E-state index contributed by atoms with van der Waals surface area (Å²) in [6, 6.07) is 3.04. The third kappa shape index (κ3) is 2.44. The number of carboxylic acid groups (broad SMARTS) is 1. The molecule has 2 rings (SSSR count). The number of carbonyl (C=O) groups excluding carboxylic acids is 1. The van der Waals surface area contributed by atoms with E-state index >= 15 is 0 Å². The summed E-state index contributed by atoms with van der Waals surface area (Å²) in [5, 5.41) is 15.1. The molecule has 1 aromatic carbocycles. The van der Waals surface area contributed by atoms with Gasteiger partial charge >= 0.3 is 5.97 Å². The molecule has 4 N–H and O–H groups in total. The number of nitrogens with zero attached hydrogens (tertiary/aromatic N) is 2. The van der Waals surface area contributed by atoms with E-state index in [1.165, 1.54) is 16.9 Å². The third-order valence-corrected chi connectivity index (χ3v) is 2.69. The van der Waals surface area contributed by atoms with E-state index < -0.39 is 17.7 Å². The van der Waals surface area contributed by atoms with E-state index in [1.54, 1.807) is 7.05 Å². The second-order valence-electron chi connectivity index (χ2n) is 4.02. The number of rotatable bonds is 3. The number of halogens is 1. The zero-order chi connectivity index (χ0) is 14.9. The van der Waals surface area contributed by atoms with Gasteiger partial charge < -0.3 is 16.2 Å². The molecule has 2 aromatic rings. The van der Waals surface area contributed by atoms with Crippen LogP contribution in [0.15, 0.2) is 24.4 Å². The molecule has 0 atom stereocenters. The van der Waals surface area contributed by atoms with Crippen LogP contribution in [0.25, 0.3) is 0 Å². The fourth-order valence-corrected chi connectivity index (χ4v) is 1.61. The number of aromatic carboxylic acids is 1. The Balaban J connectivity index is 2.33. The van der Waals surface area contributed by atoms with Crippen LogP contribution in [0, 0.1) is 5.82 Å². The lowest BCUT2D eigenvalue weighted by atomic mass is 10.1. The Hall–Kier alpha value is -2.90. The lowest BCUT2D eigenvalue weighted by molar-refractivity contribution is 0.0697. The molecule has 1 aromatic heterocycles. The number of nitrogens with two attached hydrogens (primary N) is 1.